The van der Waals surface area contributed by atoms with E-state index in [1.165, 1.54) is 28.6 Å². The third-order valence-corrected chi connectivity index (χ3v) is 9.22. The maximum atomic E-state index is 13.5. The minimum absolute atomic E-state index is 0.00610. The zero-order chi connectivity index (χ0) is 35.3. The van der Waals surface area contributed by atoms with E-state index in [0.29, 0.717) is 50.9 Å². The van der Waals surface area contributed by atoms with Gasteiger partial charge in [0.15, 0.2) is 0 Å². The normalized spacial score (nSPS) is 14.0. The van der Waals surface area contributed by atoms with Gasteiger partial charge in [-0.15, -0.1) is 20.2 Å². The minimum Gasteiger partial charge on any atom is -0.493 e. The van der Waals surface area contributed by atoms with Crippen LogP contribution in [0.25, 0.3) is 11.4 Å². The Kier molecular flexibility index (Phi) is 14.2. The zero-order valence-corrected chi connectivity index (χ0v) is 27.6. The number of aromatic nitrogens is 2. The number of benzene rings is 1. The molecule has 0 aliphatic carbocycles. The highest BCUT2D eigenvalue weighted by Crippen LogP contribution is 2.34. The largest absolute Gasteiger partial charge is 0.493 e. The highest BCUT2D eigenvalue weighted by Gasteiger charge is 2.36. The van der Waals surface area contributed by atoms with Crippen LogP contribution in [-0.4, -0.2) is 83.6 Å². The van der Waals surface area contributed by atoms with Crippen LogP contribution in [0.4, 0.5) is 0 Å². The quantitative estimate of drug-likeness (QED) is 0.0590. The van der Waals surface area contributed by atoms with Crippen molar-refractivity contribution in [3.8, 4) is 17.1 Å². The number of H-pyrrole nitrogens is 1. The fourth-order valence-corrected chi connectivity index (χ4v) is 6.63. The molecule has 19 heteroatoms. The molecule has 1 aromatic carbocycles. The predicted octanol–water partition coefficient (Wildman–Crippen LogP) is 3.29. The summed E-state index contributed by atoms with van der Waals surface area (Å²) >= 11 is 0. The minimum atomic E-state index is -3.88. The molecule has 3 rings (SSSR count). The number of hydrogen-bond acceptors (Lipinski definition) is 14. The van der Waals surface area contributed by atoms with Gasteiger partial charge in [0.2, 0.25) is 10.0 Å². The monoisotopic (exact) mass is 696 g/mol. The molecule has 2 N–H and O–H groups in total. The van der Waals surface area contributed by atoms with Crippen LogP contribution in [0.15, 0.2) is 34.0 Å². The van der Waals surface area contributed by atoms with Gasteiger partial charge in [0.25, 0.3) is 15.7 Å². The van der Waals surface area contributed by atoms with Crippen molar-refractivity contribution in [3.63, 3.8) is 0 Å². The maximum absolute atomic E-state index is 13.5. The fourth-order valence-electron chi connectivity index (χ4n) is 5.01. The average molecular weight is 697 g/mol. The lowest BCUT2D eigenvalue weighted by Crippen LogP contribution is -2.49. The topological polar surface area (TPSA) is 247 Å². The summed E-state index contributed by atoms with van der Waals surface area (Å²) in [5, 5.41) is 26.9. The van der Waals surface area contributed by atoms with Crippen molar-refractivity contribution >= 4 is 21.7 Å². The van der Waals surface area contributed by atoms with Crippen molar-refractivity contribution in [2.24, 2.45) is 5.92 Å². The number of sulfonamides is 1. The molecule has 1 aromatic heterocycles. The summed E-state index contributed by atoms with van der Waals surface area (Å²) in [4.78, 5) is 60.8. The number of nitrogens with zero attached hydrogens (tertiary/aromatic N) is 4. The van der Waals surface area contributed by atoms with Crippen molar-refractivity contribution in [3.05, 3.63) is 60.5 Å². The number of rotatable bonds is 22. The molecule has 2 aromatic rings. The Bertz CT molecular complexity index is 1610. The van der Waals surface area contributed by atoms with Crippen molar-refractivity contribution < 1.29 is 42.5 Å². The number of ether oxygens (including phenoxy) is 2. The second-order valence-electron chi connectivity index (χ2n) is 11.1. The summed E-state index contributed by atoms with van der Waals surface area (Å²) < 4.78 is 39.2. The lowest BCUT2D eigenvalue weighted by molar-refractivity contribution is -0.790. The molecule has 0 radical (unpaired) electrons. The highest BCUT2D eigenvalue weighted by atomic mass is 32.2. The third kappa shape index (κ3) is 11.3. The van der Waals surface area contributed by atoms with E-state index in [9.17, 15) is 38.2 Å². The van der Waals surface area contributed by atoms with Crippen LogP contribution in [0, 0.1) is 31.6 Å². The Morgan fingerprint density at radius 3 is 2.54 bits per heavy atom. The summed E-state index contributed by atoms with van der Waals surface area (Å²) in [5.74, 6) is 0.0474. The molecule has 1 fully saturated rings. The number of carbonyl (C=O) groups excluding carboxylic acids is 1. The summed E-state index contributed by atoms with van der Waals surface area (Å²) in [5.41, 5.74) is 0.218. The molecule has 264 valence electrons. The third-order valence-electron chi connectivity index (χ3n) is 7.40. The van der Waals surface area contributed by atoms with Gasteiger partial charge in [0.1, 0.15) is 24.3 Å². The van der Waals surface area contributed by atoms with E-state index in [0.717, 1.165) is 0 Å². The predicted molar refractivity (Wildman–Crippen MR) is 169 cm³/mol. The smallest absolute Gasteiger partial charge is 0.305 e. The number of hydrogen-bond donors (Lipinski definition) is 2. The van der Waals surface area contributed by atoms with Crippen molar-refractivity contribution in [2.45, 2.75) is 76.2 Å². The molecule has 2 heterocycles. The van der Waals surface area contributed by atoms with E-state index < -0.39 is 44.4 Å². The van der Waals surface area contributed by atoms with E-state index in [1.54, 1.807) is 6.92 Å². The second kappa shape index (κ2) is 18.0. The van der Waals surface area contributed by atoms with Gasteiger partial charge >= 0.3 is 5.97 Å². The van der Waals surface area contributed by atoms with Gasteiger partial charge in [-0.05, 0) is 63.1 Å². The Morgan fingerprint density at radius 2 is 1.88 bits per heavy atom. The summed E-state index contributed by atoms with van der Waals surface area (Å²) in [6.45, 7) is 4.09. The van der Waals surface area contributed by atoms with Crippen LogP contribution in [0.5, 0.6) is 5.75 Å². The molecule has 1 aliphatic rings. The average Bonchev–Trinajstić information content (AvgIpc) is 3.00. The highest BCUT2D eigenvalue weighted by molar-refractivity contribution is 7.89. The van der Waals surface area contributed by atoms with E-state index in [4.69, 9.17) is 14.9 Å². The maximum Gasteiger partial charge on any atom is 0.305 e. The Hall–Kier alpha value is -4.65. The molecular weight excluding hydrogens is 656 g/mol. The molecule has 1 atom stereocenters. The van der Waals surface area contributed by atoms with Crippen molar-refractivity contribution in [2.75, 3.05) is 32.9 Å². The number of nitrogens with one attached hydrogen (secondary N) is 2. The van der Waals surface area contributed by atoms with Gasteiger partial charge in [-0.25, -0.2) is 13.4 Å². The van der Waals surface area contributed by atoms with Gasteiger partial charge in [0.05, 0.1) is 35.1 Å². The van der Waals surface area contributed by atoms with Gasteiger partial charge in [0, 0.05) is 25.6 Å². The van der Waals surface area contributed by atoms with E-state index in [-0.39, 0.29) is 66.1 Å². The first-order valence-corrected chi connectivity index (χ1v) is 17.0. The van der Waals surface area contributed by atoms with Crippen LogP contribution < -0.4 is 10.3 Å². The Labute approximate surface area is 276 Å². The molecule has 1 aliphatic heterocycles. The fraction of sp³-hybridized carbons (Fsp3) is 0.586. The number of aromatic amines is 1. The van der Waals surface area contributed by atoms with E-state index in [1.807, 2.05) is 6.92 Å². The van der Waals surface area contributed by atoms with Crippen LogP contribution in [0.2, 0.25) is 0 Å². The molecule has 1 saturated heterocycles. The first kappa shape index (κ1) is 37.8. The van der Waals surface area contributed by atoms with Gasteiger partial charge in [-0.1, -0.05) is 19.8 Å². The molecule has 0 bridgehead atoms. The van der Waals surface area contributed by atoms with Crippen LogP contribution in [0.1, 0.15) is 70.9 Å². The molecule has 1 unspecified atom stereocenters. The molecule has 18 nitrogen and oxygen atoms in total. The lowest BCUT2D eigenvalue weighted by Gasteiger charge is -2.38. The van der Waals surface area contributed by atoms with Crippen molar-refractivity contribution in [1.29, 1.82) is 5.41 Å². The molecule has 0 saturated carbocycles. The molecular formula is C29H40N6O12S. The Morgan fingerprint density at radius 1 is 1.12 bits per heavy atom. The molecule has 0 spiro atoms. The Balaban J connectivity index is 1.48. The van der Waals surface area contributed by atoms with Gasteiger partial charge in [-0.3, -0.25) is 9.59 Å². The summed E-state index contributed by atoms with van der Waals surface area (Å²) in [6.07, 6.45) is 1.94. The van der Waals surface area contributed by atoms with Gasteiger partial charge in [-0.2, -0.15) is 4.31 Å². The lowest BCUT2D eigenvalue weighted by atomic mass is 9.98. The van der Waals surface area contributed by atoms with Crippen molar-refractivity contribution in [1.82, 2.24) is 14.3 Å². The SMILES string of the molecule is CCCC(=N)c1cc(=O)[nH]c(-c2cc(S(=O)(=O)N3CC(CCCOC(=O)CCCCC(CO[N+](=O)[O-])O[N+](=O)[O-])C3)ccc2OCC)n1. The summed E-state index contributed by atoms with van der Waals surface area (Å²) in [6, 6.07) is 5.61. The first-order chi connectivity index (χ1) is 22.8. The first-order valence-electron chi connectivity index (χ1n) is 15.5. The summed E-state index contributed by atoms with van der Waals surface area (Å²) in [7, 11) is -3.88. The zero-order valence-electron chi connectivity index (χ0n) is 26.8. The molecule has 0 amide bonds. The van der Waals surface area contributed by atoms with E-state index >= 15 is 0 Å². The number of carbonyl (C=O) groups is 1. The van der Waals surface area contributed by atoms with Gasteiger partial charge < -0.3 is 29.5 Å². The second-order valence-corrected chi connectivity index (χ2v) is 13.0. The van der Waals surface area contributed by atoms with Crippen LogP contribution >= 0.6 is 0 Å². The number of esters is 1. The van der Waals surface area contributed by atoms with Crippen LogP contribution in [-0.2, 0) is 29.2 Å². The standard InChI is InChI=1S/C29H40N6O12S/c1-3-8-24(30)25-16-27(36)32-29(31-25)23-15-22(12-13-26(23)44-4-2)48(42,43)33-17-20(18-33)9-7-14-45-28(37)11-6-5-10-21(47-35(40)41)19-46-34(38)39/h12-13,15-16,20-21,30H,3-11,14,17-19H2,1-2H3,(H,31,32,36). The van der Waals surface area contributed by atoms with E-state index in [2.05, 4.69) is 19.6 Å². The van der Waals surface area contributed by atoms with Crippen LogP contribution in [0.3, 0.4) is 0 Å². The number of unbranched alkanes of at least 4 members (excludes halogenated alkanes) is 1. The molecule has 48 heavy (non-hydrogen) atoms.